The first kappa shape index (κ1) is 24.8. The summed E-state index contributed by atoms with van der Waals surface area (Å²) in [6, 6.07) is 2.52. The van der Waals surface area contributed by atoms with Gasteiger partial charge < -0.3 is 14.5 Å². The van der Waals surface area contributed by atoms with Crippen molar-refractivity contribution in [2.75, 3.05) is 6.61 Å². The highest BCUT2D eigenvalue weighted by atomic mass is 19.4. The number of halogens is 3. The molecule has 0 saturated carbocycles. The molecule has 0 aliphatic carbocycles. The van der Waals surface area contributed by atoms with Crippen molar-refractivity contribution < 1.29 is 27.1 Å². The molecular weight excluding hydrogens is 409 g/mol. The number of aromatic nitrogens is 1. The Morgan fingerprint density at radius 3 is 2.45 bits per heavy atom. The molecule has 172 valence electrons. The zero-order valence-electron chi connectivity index (χ0n) is 18.6. The number of ether oxygens (including phenoxy) is 1. The molecule has 0 aliphatic heterocycles. The van der Waals surface area contributed by atoms with Crippen LogP contribution in [0.1, 0.15) is 85.6 Å². The third-order valence-corrected chi connectivity index (χ3v) is 4.98. The van der Waals surface area contributed by atoms with E-state index in [2.05, 4.69) is 28.9 Å². The Balaban J connectivity index is 2.12. The highest BCUT2D eigenvalue weighted by Crippen LogP contribution is 2.27. The topological polar surface area (TPSA) is 64.4 Å². The van der Waals surface area contributed by atoms with Gasteiger partial charge in [0.2, 0.25) is 0 Å². The van der Waals surface area contributed by atoms with Gasteiger partial charge in [0, 0.05) is 12.0 Å². The van der Waals surface area contributed by atoms with E-state index in [4.69, 9.17) is 4.42 Å². The average molecular weight is 441 g/mol. The predicted octanol–water partition coefficient (Wildman–Crippen LogP) is 6.10. The number of unbranched alkanes of at least 4 members (excludes halogenated alkanes) is 2. The number of carbonyl (C=O) groups is 1. The SMILES string of the molecule is CCCCc1oc(C)c(C(=O)N[C@H](C)c2ccc(OCC(F)(F)F)cn2)c1CCCC. The maximum Gasteiger partial charge on any atom is 0.422 e. The number of rotatable bonds is 11. The maximum atomic E-state index is 13.1. The molecule has 8 heteroatoms. The van der Waals surface area contributed by atoms with Gasteiger partial charge in [-0.25, -0.2) is 0 Å². The van der Waals surface area contributed by atoms with E-state index in [-0.39, 0.29) is 11.7 Å². The van der Waals surface area contributed by atoms with Crippen LogP contribution in [0.25, 0.3) is 0 Å². The second-order valence-corrected chi connectivity index (χ2v) is 7.66. The maximum absolute atomic E-state index is 13.1. The number of nitrogens with zero attached hydrogens (tertiary/aromatic N) is 1. The van der Waals surface area contributed by atoms with Gasteiger partial charge in [0.15, 0.2) is 6.61 Å². The molecule has 0 fully saturated rings. The summed E-state index contributed by atoms with van der Waals surface area (Å²) in [5.74, 6) is 1.27. The van der Waals surface area contributed by atoms with E-state index < -0.39 is 18.8 Å². The van der Waals surface area contributed by atoms with Crippen molar-refractivity contribution >= 4 is 5.91 Å². The Labute approximate surface area is 181 Å². The van der Waals surface area contributed by atoms with Crippen molar-refractivity contribution in [2.45, 2.75) is 78.4 Å². The van der Waals surface area contributed by atoms with Crippen LogP contribution < -0.4 is 10.1 Å². The summed E-state index contributed by atoms with van der Waals surface area (Å²) < 4.78 is 47.4. The molecule has 2 aromatic rings. The van der Waals surface area contributed by atoms with Crippen LogP contribution in [0.3, 0.4) is 0 Å². The number of nitrogens with one attached hydrogen (secondary N) is 1. The molecule has 1 atom stereocenters. The Morgan fingerprint density at radius 2 is 1.87 bits per heavy atom. The Bertz CT molecular complexity index is 845. The molecule has 2 heterocycles. The molecule has 1 N–H and O–H groups in total. The van der Waals surface area contributed by atoms with Crippen LogP contribution in [0.15, 0.2) is 22.7 Å². The number of furan rings is 1. The summed E-state index contributed by atoms with van der Waals surface area (Å²) >= 11 is 0. The van der Waals surface area contributed by atoms with E-state index in [1.54, 1.807) is 19.9 Å². The molecule has 0 aliphatic rings. The molecule has 2 aromatic heterocycles. The highest BCUT2D eigenvalue weighted by Gasteiger charge is 2.28. The van der Waals surface area contributed by atoms with Gasteiger partial charge in [0.25, 0.3) is 5.91 Å². The van der Waals surface area contributed by atoms with Crippen LogP contribution in [0.5, 0.6) is 5.75 Å². The smallest absolute Gasteiger partial charge is 0.422 e. The molecule has 0 radical (unpaired) electrons. The minimum Gasteiger partial charge on any atom is -0.483 e. The number of aryl methyl sites for hydroxylation is 2. The van der Waals surface area contributed by atoms with Crippen LogP contribution in [-0.2, 0) is 12.8 Å². The minimum absolute atomic E-state index is 0.0210. The zero-order valence-corrected chi connectivity index (χ0v) is 18.6. The van der Waals surface area contributed by atoms with Gasteiger partial charge in [-0.15, -0.1) is 0 Å². The van der Waals surface area contributed by atoms with E-state index in [9.17, 15) is 18.0 Å². The summed E-state index contributed by atoms with van der Waals surface area (Å²) in [7, 11) is 0. The van der Waals surface area contributed by atoms with E-state index in [0.717, 1.165) is 49.8 Å². The fourth-order valence-corrected chi connectivity index (χ4v) is 3.34. The molecule has 0 bridgehead atoms. The molecule has 31 heavy (non-hydrogen) atoms. The van der Waals surface area contributed by atoms with Gasteiger partial charge in [-0.3, -0.25) is 9.78 Å². The number of pyridine rings is 1. The molecular formula is C23H31F3N2O3. The van der Waals surface area contributed by atoms with Crippen LogP contribution in [0.2, 0.25) is 0 Å². The lowest BCUT2D eigenvalue weighted by atomic mass is 9.99. The summed E-state index contributed by atoms with van der Waals surface area (Å²) in [6.45, 7) is 6.42. The Kier molecular flexibility index (Phi) is 8.95. The summed E-state index contributed by atoms with van der Waals surface area (Å²) in [5, 5.41) is 2.93. The monoisotopic (exact) mass is 440 g/mol. The first-order valence-electron chi connectivity index (χ1n) is 10.7. The second kappa shape index (κ2) is 11.2. The summed E-state index contributed by atoms with van der Waals surface area (Å²) in [6.07, 6.45) is 2.43. The molecule has 2 rings (SSSR count). The largest absolute Gasteiger partial charge is 0.483 e. The highest BCUT2D eigenvalue weighted by molar-refractivity contribution is 5.97. The fraction of sp³-hybridized carbons (Fsp3) is 0.565. The van der Waals surface area contributed by atoms with Crippen molar-refractivity contribution in [1.29, 1.82) is 0 Å². The first-order chi connectivity index (χ1) is 14.7. The van der Waals surface area contributed by atoms with Crippen LogP contribution >= 0.6 is 0 Å². The van der Waals surface area contributed by atoms with Gasteiger partial charge in [-0.1, -0.05) is 26.7 Å². The number of carbonyl (C=O) groups excluding carboxylic acids is 1. The van der Waals surface area contributed by atoms with Crippen molar-refractivity contribution in [3.05, 3.63) is 46.7 Å². The number of hydrogen-bond acceptors (Lipinski definition) is 4. The Morgan fingerprint density at radius 1 is 1.19 bits per heavy atom. The molecule has 5 nitrogen and oxygen atoms in total. The molecule has 1 amide bonds. The van der Waals surface area contributed by atoms with E-state index in [1.165, 1.54) is 12.3 Å². The van der Waals surface area contributed by atoms with Gasteiger partial charge >= 0.3 is 6.18 Å². The third-order valence-electron chi connectivity index (χ3n) is 4.98. The second-order valence-electron chi connectivity index (χ2n) is 7.66. The van der Waals surface area contributed by atoms with Crippen molar-refractivity contribution in [1.82, 2.24) is 10.3 Å². The van der Waals surface area contributed by atoms with Crippen molar-refractivity contribution in [2.24, 2.45) is 0 Å². The van der Waals surface area contributed by atoms with Crippen LogP contribution in [0, 0.1) is 6.92 Å². The van der Waals surface area contributed by atoms with Gasteiger partial charge in [0.05, 0.1) is 23.5 Å². The molecule has 0 unspecified atom stereocenters. The van der Waals surface area contributed by atoms with Crippen molar-refractivity contribution in [3.63, 3.8) is 0 Å². The van der Waals surface area contributed by atoms with Crippen LogP contribution in [-0.4, -0.2) is 23.7 Å². The van der Waals surface area contributed by atoms with Gasteiger partial charge in [-0.05, 0) is 45.2 Å². The van der Waals surface area contributed by atoms with Crippen LogP contribution in [0.4, 0.5) is 13.2 Å². The fourth-order valence-electron chi connectivity index (χ4n) is 3.34. The molecule has 0 saturated heterocycles. The quantitative estimate of drug-likeness (QED) is 0.459. The van der Waals surface area contributed by atoms with E-state index >= 15 is 0 Å². The van der Waals surface area contributed by atoms with Gasteiger partial charge in [0.1, 0.15) is 17.3 Å². The summed E-state index contributed by atoms with van der Waals surface area (Å²) in [4.78, 5) is 17.2. The number of hydrogen-bond donors (Lipinski definition) is 1. The standard InChI is InChI=1S/C23H31F3N2O3/c1-5-7-9-18-20(10-8-6-2)31-16(4)21(18)22(29)28-15(3)19-12-11-17(13-27-19)30-14-23(24,25)26/h11-13,15H,5-10,14H2,1-4H3,(H,28,29)/t15-/m1/s1. The van der Waals surface area contributed by atoms with Crippen molar-refractivity contribution in [3.8, 4) is 5.75 Å². The minimum atomic E-state index is -4.41. The molecule has 0 aromatic carbocycles. The lowest BCUT2D eigenvalue weighted by molar-refractivity contribution is -0.153. The normalized spacial score (nSPS) is 12.6. The summed E-state index contributed by atoms with van der Waals surface area (Å²) in [5.41, 5.74) is 2.08. The third kappa shape index (κ3) is 7.29. The predicted molar refractivity (Wildman–Crippen MR) is 112 cm³/mol. The lowest BCUT2D eigenvalue weighted by Gasteiger charge is -2.15. The average Bonchev–Trinajstić information content (AvgIpc) is 3.03. The van der Waals surface area contributed by atoms with E-state index in [1.807, 2.05) is 0 Å². The number of amides is 1. The van der Waals surface area contributed by atoms with E-state index in [0.29, 0.717) is 17.0 Å². The lowest BCUT2D eigenvalue weighted by Crippen LogP contribution is -2.28. The zero-order chi connectivity index (χ0) is 23.0. The number of alkyl halides is 3. The van der Waals surface area contributed by atoms with Gasteiger partial charge in [-0.2, -0.15) is 13.2 Å². The first-order valence-corrected chi connectivity index (χ1v) is 10.7. The Hall–Kier alpha value is -2.51. The molecule has 0 spiro atoms.